The van der Waals surface area contributed by atoms with Gasteiger partial charge >= 0.3 is 7.12 Å². The zero-order valence-corrected chi connectivity index (χ0v) is 7.44. The van der Waals surface area contributed by atoms with Gasteiger partial charge in [0.05, 0.1) is 0 Å². The zero-order valence-electron chi connectivity index (χ0n) is 7.44. The van der Waals surface area contributed by atoms with Gasteiger partial charge in [-0.05, 0) is 19.8 Å². The van der Waals surface area contributed by atoms with Gasteiger partial charge in [0.25, 0.3) is 0 Å². The van der Waals surface area contributed by atoms with Crippen LogP contribution in [0.3, 0.4) is 0 Å². The Hall–Kier alpha value is -0.935. The summed E-state index contributed by atoms with van der Waals surface area (Å²) in [7, 11) is -1.46. The van der Waals surface area contributed by atoms with E-state index in [1.165, 1.54) is 6.20 Å². The van der Waals surface area contributed by atoms with Crippen molar-refractivity contribution in [2.75, 3.05) is 0 Å². The molecule has 68 valence electrons. The lowest BCUT2D eigenvalue weighted by Crippen LogP contribution is -2.33. The van der Waals surface area contributed by atoms with E-state index in [0.29, 0.717) is 17.1 Å². The van der Waals surface area contributed by atoms with E-state index < -0.39 is 7.12 Å². The zero-order chi connectivity index (χ0) is 9.42. The van der Waals surface area contributed by atoms with E-state index >= 15 is 0 Å². The van der Waals surface area contributed by atoms with Crippen LogP contribution in [0.15, 0.2) is 6.20 Å². The molecule has 0 aliphatic heterocycles. The van der Waals surface area contributed by atoms with Gasteiger partial charge in [0.15, 0.2) is 0 Å². The summed E-state index contributed by atoms with van der Waals surface area (Å²) in [5, 5.41) is 17.9. The van der Waals surface area contributed by atoms with Gasteiger partial charge < -0.3 is 10.0 Å². The third-order valence-electron chi connectivity index (χ3n) is 2.26. The molecule has 0 bridgehead atoms. The first-order chi connectivity index (χ1) is 6.18. The Morgan fingerprint density at radius 1 is 1.46 bits per heavy atom. The van der Waals surface area contributed by atoms with Crippen molar-refractivity contribution in [3.05, 3.63) is 17.7 Å². The summed E-state index contributed by atoms with van der Waals surface area (Å²) in [6, 6.07) is 0. The van der Waals surface area contributed by atoms with Crippen molar-refractivity contribution in [1.29, 1.82) is 0 Å². The van der Waals surface area contributed by atoms with Crippen LogP contribution in [0.4, 0.5) is 0 Å². The van der Waals surface area contributed by atoms with Crippen molar-refractivity contribution in [1.82, 2.24) is 9.97 Å². The first-order valence-corrected chi connectivity index (χ1v) is 4.38. The van der Waals surface area contributed by atoms with Crippen molar-refractivity contribution in [2.24, 2.45) is 0 Å². The lowest BCUT2D eigenvalue weighted by atomic mass is 9.80. The fraction of sp³-hybridized carbons (Fsp3) is 0.500. The molecule has 0 amide bonds. The van der Waals surface area contributed by atoms with E-state index in [2.05, 4.69) is 9.97 Å². The van der Waals surface area contributed by atoms with Crippen LogP contribution in [-0.2, 0) is 0 Å². The van der Waals surface area contributed by atoms with Crippen molar-refractivity contribution >= 4 is 12.6 Å². The van der Waals surface area contributed by atoms with Crippen molar-refractivity contribution in [3.63, 3.8) is 0 Å². The lowest BCUT2D eigenvalue weighted by Gasteiger charge is -2.04. The topological polar surface area (TPSA) is 66.2 Å². The summed E-state index contributed by atoms with van der Waals surface area (Å²) in [6.07, 6.45) is 3.81. The number of nitrogens with zero attached hydrogens (tertiary/aromatic N) is 2. The quantitative estimate of drug-likeness (QED) is 0.590. The van der Waals surface area contributed by atoms with Gasteiger partial charge in [-0.15, -0.1) is 0 Å². The summed E-state index contributed by atoms with van der Waals surface area (Å²) in [5.41, 5.74) is 1.05. The lowest BCUT2D eigenvalue weighted by molar-refractivity contribution is 0.425. The Bertz CT molecular complexity index is 326. The smallest absolute Gasteiger partial charge is 0.423 e. The molecule has 5 heteroatoms. The minimum atomic E-state index is -1.46. The highest BCUT2D eigenvalue weighted by atomic mass is 16.4. The number of rotatable bonds is 2. The minimum absolute atomic E-state index is 0.393. The fourth-order valence-corrected chi connectivity index (χ4v) is 1.29. The van der Waals surface area contributed by atoms with E-state index in [0.717, 1.165) is 18.7 Å². The number of hydrogen-bond donors (Lipinski definition) is 2. The Morgan fingerprint density at radius 3 is 2.62 bits per heavy atom. The van der Waals surface area contributed by atoms with Gasteiger partial charge in [0.1, 0.15) is 5.82 Å². The fourth-order valence-electron chi connectivity index (χ4n) is 1.29. The standard InChI is InChI=1S/C8H11BN2O2/c1-5-7(9(12)13)4-10-8(11-5)6-2-3-6/h4,6,12-13H,2-3H2,1H3. The third-order valence-corrected chi connectivity index (χ3v) is 2.26. The van der Waals surface area contributed by atoms with Gasteiger partial charge in [-0.2, -0.15) is 0 Å². The minimum Gasteiger partial charge on any atom is -0.423 e. The molecule has 0 spiro atoms. The van der Waals surface area contributed by atoms with E-state index in [4.69, 9.17) is 10.0 Å². The largest absolute Gasteiger partial charge is 0.491 e. The Balaban J connectivity index is 2.31. The Labute approximate surface area is 76.8 Å². The molecule has 0 saturated heterocycles. The van der Waals surface area contributed by atoms with Gasteiger partial charge in [-0.1, -0.05) is 0 Å². The maximum atomic E-state index is 8.93. The monoisotopic (exact) mass is 178 g/mol. The van der Waals surface area contributed by atoms with Crippen LogP contribution >= 0.6 is 0 Å². The molecule has 1 fully saturated rings. The summed E-state index contributed by atoms with van der Waals surface area (Å²) in [6.45, 7) is 1.77. The molecule has 1 aliphatic rings. The van der Waals surface area contributed by atoms with Crippen LogP contribution in [0.25, 0.3) is 0 Å². The molecule has 1 aromatic heterocycles. The maximum absolute atomic E-state index is 8.93. The van der Waals surface area contributed by atoms with Gasteiger partial charge in [-0.3, -0.25) is 0 Å². The van der Waals surface area contributed by atoms with Crippen molar-refractivity contribution in [2.45, 2.75) is 25.7 Å². The summed E-state index contributed by atoms with van der Waals surface area (Å²) < 4.78 is 0. The second kappa shape index (κ2) is 3.08. The number of hydrogen-bond acceptors (Lipinski definition) is 4. The predicted octanol–water partition coefficient (Wildman–Crippen LogP) is -0.658. The molecule has 0 unspecified atom stereocenters. The highest BCUT2D eigenvalue weighted by Gasteiger charge is 2.27. The average Bonchev–Trinajstić information content (AvgIpc) is 2.85. The SMILES string of the molecule is Cc1nc(C2CC2)ncc1B(O)O. The van der Waals surface area contributed by atoms with E-state index in [1.807, 2.05) is 0 Å². The molecule has 2 N–H and O–H groups in total. The predicted molar refractivity (Wildman–Crippen MR) is 48.6 cm³/mol. The normalized spacial score (nSPS) is 15.9. The second-order valence-corrected chi connectivity index (χ2v) is 3.42. The Morgan fingerprint density at radius 2 is 2.15 bits per heavy atom. The molecule has 1 heterocycles. The van der Waals surface area contributed by atoms with Crippen LogP contribution in [0.1, 0.15) is 30.3 Å². The Kier molecular flexibility index (Phi) is 2.05. The molecule has 4 nitrogen and oxygen atoms in total. The molecule has 1 aromatic rings. The summed E-state index contributed by atoms with van der Waals surface area (Å²) in [5.74, 6) is 1.34. The van der Waals surface area contributed by atoms with Gasteiger partial charge in [0, 0.05) is 23.3 Å². The van der Waals surface area contributed by atoms with Gasteiger partial charge in [-0.25, -0.2) is 9.97 Å². The molecular weight excluding hydrogens is 167 g/mol. The van der Waals surface area contributed by atoms with E-state index in [9.17, 15) is 0 Å². The summed E-state index contributed by atoms with van der Waals surface area (Å²) in [4.78, 5) is 8.32. The van der Waals surface area contributed by atoms with Crippen LogP contribution in [0.2, 0.25) is 0 Å². The molecule has 1 saturated carbocycles. The molecule has 13 heavy (non-hydrogen) atoms. The third kappa shape index (κ3) is 1.71. The summed E-state index contributed by atoms with van der Waals surface area (Å²) >= 11 is 0. The number of aryl methyl sites for hydroxylation is 1. The molecule has 1 aliphatic carbocycles. The maximum Gasteiger partial charge on any atom is 0.491 e. The van der Waals surface area contributed by atoms with Crippen molar-refractivity contribution < 1.29 is 10.0 Å². The molecule has 2 rings (SSSR count). The van der Waals surface area contributed by atoms with Crippen LogP contribution in [0, 0.1) is 6.92 Å². The highest BCUT2D eigenvalue weighted by Crippen LogP contribution is 2.37. The average molecular weight is 178 g/mol. The first-order valence-electron chi connectivity index (χ1n) is 4.38. The van der Waals surface area contributed by atoms with Gasteiger partial charge in [0.2, 0.25) is 0 Å². The van der Waals surface area contributed by atoms with Crippen LogP contribution in [0.5, 0.6) is 0 Å². The van der Waals surface area contributed by atoms with Crippen LogP contribution < -0.4 is 5.46 Å². The van der Waals surface area contributed by atoms with Crippen LogP contribution in [-0.4, -0.2) is 27.1 Å². The molecule has 0 aromatic carbocycles. The number of aromatic nitrogens is 2. The first kappa shape index (κ1) is 8.65. The van der Waals surface area contributed by atoms with E-state index in [-0.39, 0.29) is 0 Å². The van der Waals surface area contributed by atoms with Crippen molar-refractivity contribution in [3.8, 4) is 0 Å². The molecular formula is C8H11BN2O2. The van der Waals surface area contributed by atoms with E-state index in [1.54, 1.807) is 6.92 Å². The highest BCUT2D eigenvalue weighted by molar-refractivity contribution is 6.58. The second-order valence-electron chi connectivity index (χ2n) is 3.42. The molecule has 0 radical (unpaired) electrons. The molecule has 0 atom stereocenters.